The number of halogens is 1. The number of allylic oxidation sites excluding steroid dienone is 1. The molecular formula is C18H13FN2O4S. The van der Waals surface area contributed by atoms with Crippen LogP contribution in [0.3, 0.4) is 0 Å². The van der Waals surface area contributed by atoms with Gasteiger partial charge in [0.1, 0.15) is 11.9 Å². The zero-order chi connectivity index (χ0) is 18.9. The number of esters is 1. The molecule has 0 spiro atoms. The Balaban J connectivity index is 2.11. The lowest BCUT2D eigenvalue weighted by molar-refractivity contribution is 0.0526. The molecule has 2 aromatic carbocycles. The largest absolute Gasteiger partial charge is 0.462 e. The van der Waals surface area contributed by atoms with Gasteiger partial charge in [-0.05, 0) is 49.4 Å². The summed E-state index contributed by atoms with van der Waals surface area (Å²) < 4.78 is 43.5. The Hall–Kier alpha value is -3.18. The molecule has 3 rings (SSSR count). The van der Waals surface area contributed by atoms with Gasteiger partial charge in [-0.3, -0.25) is 0 Å². The molecule has 8 heteroatoms. The summed E-state index contributed by atoms with van der Waals surface area (Å²) in [6, 6.07) is 11.0. The van der Waals surface area contributed by atoms with Gasteiger partial charge in [0.25, 0.3) is 0 Å². The number of nitriles is 1. The molecule has 0 N–H and O–H groups in total. The van der Waals surface area contributed by atoms with Crippen molar-refractivity contribution in [2.75, 3.05) is 11.5 Å². The van der Waals surface area contributed by atoms with Gasteiger partial charge in [0, 0.05) is 11.9 Å². The van der Waals surface area contributed by atoms with E-state index in [1.165, 1.54) is 17.0 Å². The second-order valence-corrected chi connectivity index (χ2v) is 7.24. The Morgan fingerprint density at radius 2 is 1.92 bits per heavy atom. The molecule has 0 atom stereocenters. The van der Waals surface area contributed by atoms with Gasteiger partial charge in [-0.2, -0.15) is 5.26 Å². The third kappa shape index (κ3) is 2.93. The minimum Gasteiger partial charge on any atom is -0.462 e. The molecule has 26 heavy (non-hydrogen) atoms. The Morgan fingerprint density at radius 1 is 1.23 bits per heavy atom. The van der Waals surface area contributed by atoms with Crippen LogP contribution in [0.1, 0.15) is 17.3 Å². The zero-order valence-corrected chi connectivity index (χ0v) is 14.5. The smallest absolute Gasteiger partial charge is 0.338 e. The average molecular weight is 372 g/mol. The standard InChI is InChI=1S/C18H13FN2O4S/c1-2-25-18(22)12-3-6-14(7-4-12)21-11-15(10-20)26(23,24)17-8-5-13(19)9-16(17)21/h3-9,11H,2H2,1H3. The maximum absolute atomic E-state index is 13.7. The van der Waals surface area contributed by atoms with Crippen molar-refractivity contribution in [3.05, 3.63) is 65.0 Å². The Kier molecular flexibility index (Phi) is 4.49. The molecule has 1 aliphatic rings. The fourth-order valence-corrected chi connectivity index (χ4v) is 3.84. The number of anilines is 2. The van der Waals surface area contributed by atoms with Crippen LogP contribution in [0.4, 0.5) is 15.8 Å². The van der Waals surface area contributed by atoms with Crippen LogP contribution in [0, 0.1) is 17.1 Å². The van der Waals surface area contributed by atoms with E-state index < -0.39 is 26.5 Å². The van der Waals surface area contributed by atoms with Crippen LogP contribution in [-0.4, -0.2) is 21.0 Å². The molecule has 0 saturated carbocycles. The maximum Gasteiger partial charge on any atom is 0.338 e. The van der Waals surface area contributed by atoms with Crippen LogP contribution in [0.2, 0.25) is 0 Å². The summed E-state index contributed by atoms with van der Waals surface area (Å²) in [5.74, 6) is -1.10. The molecule has 6 nitrogen and oxygen atoms in total. The summed E-state index contributed by atoms with van der Waals surface area (Å²) in [6.45, 7) is 1.94. The fraction of sp³-hybridized carbons (Fsp3) is 0.111. The van der Waals surface area contributed by atoms with Crippen LogP contribution in [0.5, 0.6) is 0 Å². The summed E-state index contributed by atoms with van der Waals surface area (Å²) in [5, 5.41) is 9.19. The van der Waals surface area contributed by atoms with E-state index in [1.807, 2.05) is 0 Å². The van der Waals surface area contributed by atoms with Crippen molar-refractivity contribution in [1.82, 2.24) is 0 Å². The molecule has 132 valence electrons. The van der Waals surface area contributed by atoms with Crippen molar-refractivity contribution in [1.29, 1.82) is 5.26 Å². The number of ether oxygens (including phenoxy) is 1. The number of carbonyl (C=O) groups is 1. The quantitative estimate of drug-likeness (QED) is 0.607. The molecule has 0 bridgehead atoms. The molecule has 0 saturated heterocycles. The zero-order valence-electron chi connectivity index (χ0n) is 13.6. The lowest BCUT2D eigenvalue weighted by Gasteiger charge is -2.27. The second kappa shape index (κ2) is 6.61. The molecule has 1 aliphatic heterocycles. The first kappa shape index (κ1) is 17.6. The number of nitrogens with zero attached hydrogens (tertiary/aromatic N) is 2. The number of sulfone groups is 1. The van der Waals surface area contributed by atoms with Crippen molar-refractivity contribution in [2.45, 2.75) is 11.8 Å². The van der Waals surface area contributed by atoms with Crippen molar-refractivity contribution in [2.24, 2.45) is 0 Å². The number of fused-ring (bicyclic) bond motifs is 1. The first-order valence-electron chi connectivity index (χ1n) is 7.61. The Morgan fingerprint density at radius 3 is 2.54 bits per heavy atom. The van der Waals surface area contributed by atoms with E-state index in [2.05, 4.69) is 0 Å². The van der Waals surface area contributed by atoms with Crippen LogP contribution in [0.25, 0.3) is 0 Å². The third-order valence-electron chi connectivity index (χ3n) is 3.77. The van der Waals surface area contributed by atoms with Gasteiger partial charge < -0.3 is 9.64 Å². The van der Waals surface area contributed by atoms with Crippen LogP contribution < -0.4 is 4.90 Å². The highest BCUT2D eigenvalue weighted by Gasteiger charge is 2.32. The fourth-order valence-electron chi connectivity index (χ4n) is 2.56. The van der Waals surface area contributed by atoms with E-state index in [0.717, 1.165) is 24.4 Å². The van der Waals surface area contributed by atoms with Crippen molar-refractivity contribution < 1.29 is 22.3 Å². The summed E-state index contributed by atoms with van der Waals surface area (Å²) in [7, 11) is -4.00. The van der Waals surface area contributed by atoms with Crippen LogP contribution >= 0.6 is 0 Å². The van der Waals surface area contributed by atoms with E-state index >= 15 is 0 Å². The molecule has 0 amide bonds. The highest BCUT2D eigenvalue weighted by molar-refractivity contribution is 7.95. The molecule has 0 fully saturated rings. The number of benzene rings is 2. The number of hydrogen-bond donors (Lipinski definition) is 0. The van der Waals surface area contributed by atoms with Gasteiger partial charge in [0.15, 0.2) is 4.91 Å². The first-order valence-corrected chi connectivity index (χ1v) is 9.09. The third-order valence-corrected chi connectivity index (χ3v) is 5.47. The molecule has 2 aromatic rings. The predicted molar refractivity (Wildman–Crippen MR) is 91.8 cm³/mol. The SMILES string of the molecule is CCOC(=O)c1ccc(N2C=C(C#N)S(=O)(=O)c3ccc(F)cc32)cc1. The topological polar surface area (TPSA) is 87.5 Å². The summed E-state index contributed by atoms with van der Waals surface area (Å²) in [6.07, 6.45) is 1.14. The van der Waals surface area contributed by atoms with E-state index in [0.29, 0.717) is 11.3 Å². The number of carbonyl (C=O) groups excluding carboxylic acids is 1. The second-order valence-electron chi connectivity index (χ2n) is 5.36. The van der Waals surface area contributed by atoms with E-state index in [1.54, 1.807) is 25.1 Å². The van der Waals surface area contributed by atoms with Gasteiger partial charge in [0.2, 0.25) is 9.84 Å². The molecule has 0 aliphatic carbocycles. The Labute approximate surface area is 149 Å². The predicted octanol–water partition coefficient (Wildman–Crippen LogP) is 3.29. The van der Waals surface area contributed by atoms with E-state index in [9.17, 15) is 22.9 Å². The van der Waals surface area contributed by atoms with Gasteiger partial charge in [-0.25, -0.2) is 17.6 Å². The van der Waals surface area contributed by atoms with Crippen LogP contribution in [-0.2, 0) is 14.6 Å². The summed E-state index contributed by atoms with van der Waals surface area (Å²) >= 11 is 0. The van der Waals surface area contributed by atoms with Gasteiger partial charge >= 0.3 is 5.97 Å². The van der Waals surface area contributed by atoms with Gasteiger partial charge in [0.05, 0.1) is 22.8 Å². The number of hydrogen-bond acceptors (Lipinski definition) is 6. The van der Waals surface area contributed by atoms with Crippen molar-refractivity contribution in [3.8, 4) is 6.07 Å². The normalized spacial score (nSPS) is 14.8. The summed E-state index contributed by atoms with van der Waals surface area (Å²) in [4.78, 5) is 12.5. The van der Waals surface area contributed by atoms with E-state index in [-0.39, 0.29) is 17.2 Å². The van der Waals surface area contributed by atoms with Crippen molar-refractivity contribution >= 4 is 27.2 Å². The lowest BCUT2D eigenvalue weighted by atomic mass is 10.1. The lowest BCUT2D eigenvalue weighted by Crippen LogP contribution is -2.21. The highest BCUT2D eigenvalue weighted by Crippen LogP contribution is 2.39. The van der Waals surface area contributed by atoms with Crippen LogP contribution in [0.15, 0.2) is 58.5 Å². The first-order chi connectivity index (χ1) is 12.4. The summed E-state index contributed by atoms with van der Waals surface area (Å²) in [5.41, 5.74) is 0.879. The molecule has 1 heterocycles. The van der Waals surface area contributed by atoms with Gasteiger partial charge in [-0.15, -0.1) is 0 Å². The van der Waals surface area contributed by atoms with Gasteiger partial charge in [-0.1, -0.05) is 0 Å². The maximum atomic E-state index is 13.7. The molecule has 0 aromatic heterocycles. The minimum absolute atomic E-state index is 0.0906. The Bertz CT molecular complexity index is 1050. The minimum atomic E-state index is -4.00. The average Bonchev–Trinajstić information content (AvgIpc) is 2.62. The molecular weight excluding hydrogens is 359 g/mol. The number of rotatable bonds is 3. The monoisotopic (exact) mass is 372 g/mol. The highest BCUT2D eigenvalue weighted by atomic mass is 32.2. The molecule has 0 unspecified atom stereocenters. The molecule has 0 radical (unpaired) electrons. The van der Waals surface area contributed by atoms with Crippen molar-refractivity contribution in [3.63, 3.8) is 0 Å². The van der Waals surface area contributed by atoms with E-state index in [4.69, 9.17) is 4.74 Å².